The van der Waals surface area contributed by atoms with Crippen molar-refractivity contribution in [2.75, 3.05) is 5.32 Å². The first kappa shape index (κ1) is 12.3. The minimum atomic E-state index is -0.531. The number of aromatic nitrogens is 2. The molecule has 0 aliphatic carbocycles. The molecule has 1 N–H and O–H groups in total. The lowest BCUT2D eigenvalue weighted by Gasteiger charge is -2.06. The summed E-state index contributed by atoms with van der Waals surface area (Å²) in [6, 6.07) is 6.17. The van der Waals surface area contributed by atoms with Crippen LogP contribution in [0.3, 0.4) is 0 Å². The molecule has 4 nitrogen and oxygen atoms in total. The first-order valence-electron chi connectivity index (χ1n) is 5.55. The number of rotatable bonds is 2. The van der Waals surface area contributed by atoms with Crippen LogP contribution in [0, 0.1) is 19.7 Å². The second-order valence-electron chi connectivity index (χ2n) is 4.23. The Bertz CT molecular complexity index is 604. The number of anilines is 1. The van der Waals surface area contributed by atoms with Gasteiger partial charge in [-0.2, -0.15) is 5.10 Å². The molecule has 0 fully saturated rings. The van der Waals surface area contributed by atoms with Crippen LogP contribution in [0.4, 0.5) is 10.2 Å². The third-order valence-corrected chi connectivity index (χ3v) is 2.61. The molecule has 0 radical (unpaired) electrons. The third-order valence-electron chi connectivity index (χ3n) is 2.61. The zero-order valence-corrected chi connectivity index (χ0v) is 10.5. The highest BCUT2D eigenvalue weighted by Crippen LogP contribution is 2.14. The number of aryl methyl sites for hydroxylation is 3. The molecule has 94 valence electrons. The van der Waals surface area contributed by atoms with Gasteiger partial charge < -0.3 is 5.32 Å². The maximum atomic E-state index is 13.5. The molecule has 1 aromatic heterocycles. The first-order valence-corrected chi connectivity index (χ1v) is 5.55. The van der Waals surface area contributed by atoms with Crippen LogP contribution in [0.25, 0.3) is 0 Å². The molecule has 0 aliphatic heterocycles. The number of halogens is 1. The van der Waals surface area contributed by atoms with Crippen molar-refractivity contribution in [2.45, 2.75) is 13.8 Å². The van der Waals surface area contributed by atoms with Gasteiger partial charge in [0.2, 0.25) is 0 Å². The number of nitrogens with zero attached hydrogens (tertiary/aromatic N) is 2. The monoisotopic (exact) mass is 247 g/mol. The second kappa shape index (κ2) is 4.60. The van der Waals surface area contributed by atoms with Gasteiger partial charge in [0.15, 0.2) is 0 Å². The molecular weight excluding hydrogens is 233 g/mol. The first-order chi connectivity index (χ1) is 8.47. The van der Waals surface area contributed by atoms with Crippen molar-refractivity contribution in [2.24, 2.45) is 7.05 Å². The van der Waals surface area contributed by atoms with Crippen LogP contribution >= 0.6 is 0 Å². The molecule has 0 bridgehead atoms. The Kier molecular flexibility index (Phi) is 3.14. The number of amides is 1. The molecule has 0 spiro atoms. The van der Waals surface area contributed by atoms with E-state index >= 15 is 0 Å². The summed E-state index contributed by atoms with van der Waals surface area (Å²) in [4.78, 5) is 12.0. The molecule has 0 saturated heterocycles. The summed E-state index contributed by atoms with van der Waals surface area (Å²) in [5.41, 5.74) is 1.66. The van der Waals surface area contributed by atoms with Crippen LogP contribution < -0.4 is 5.32 Å². The molecule has 2 aromatic rings. The Balaban J connectivity index is 2.27. The topological polar surface area (TPSA) is 46.9 Å². The molecule has 0 saturated carbocycles. The van der Waals surface area contributed by atoms with Crippen molar-refractivity contribution in [3.63, 3.8) is 0 Å². The fourth-order valence-corrected chi connectivity index (χ4v) is 1.72. The van der Waals surface area contributed by atoms with E-state index in [2.05, 4.69) is 10.4 Å². The summed E-state index contributed by atoms with van der Waals surface area (Å²) in [5, 5.41) is 6.74. The zero-order chi connectivity index (χ0) is 13.3. The maximum Gasteiger partial charge on any atom is 0.259 e. The van der Waals surface area contributed by atoms with Crippen molar-refractivity contribution >= 4 is 11.7 Å². The van der Waals surface area contributed by atoms with E-state index < -0.39 is 11.7 Å². The third kappa shape index (κ3) is 2.40. The van der Waals surface area contributed by atoms with E-state index in [1.165, 1.54) is 12.1 Å². The summed E-state index contributed by atoms with van der Waals surface area (Å²) < 4.78 is 15.1. The molecule has 1 amide bonds. The van der Waals surface area contributed by atoms with Gasteiger partial charge in [-0.25, -0.2) is 4.39 Å². The van der Waals surface area contributed by atoms with Gasteiger partial charge in [-0.05, 0) is 26.0 Å². The van der Waals surface area contributed by atoms with E-state index in [1.807, 2.05) is 13.8 Å². The van der Waals surface area contributed by atoms with Gasteiger partial charge in [0, 0.05) is 13.1 Å². The standard InChI is InChI=1S/C13H14FN3O/c1-8-4-5-11(14)10(6-8)13(18)15-12-7-9(2)16-17(12)3/h4-7H,1-3H3,(H,15,18). The lowest BCUT2D eigenvalue weighted by Crippen LogP contribution is -2.16. The van der Waals surface area contributed by atoms with E-state index in [0.717, 1.165) is 11.3 Å². The largest absolute Gasteiger partial charge is 0.307 e. The minimum Gasteiger partial charge on any atom is -0.307 e. The Morgan fingerprint density at radius 2 is 2.06 bits per heavy atom. The Morgan fingerprint density at radius 1 is 1.33 bits per heavy atom. The van der Waals surface area contributed by atoms with Gasteiger partial charge in [0.05, 0.1) is 11.3 Å². The van der Waals surface area contributed by atoms with Crippen molar-refractivity contribution < 1.29 is 9.18 Å². The summed E-state index contributed by atoms with van der Waals surface area (Å²) in [5.74, 6) is -0.463. The summed E-state index contributed by atoms with van der Waals surface area (Å²) in [7, 11) is 1.72. The molecule has 0 atom stereocenters. The maximum absolute atomic E-state index is 13.5. The molecular formula is C13H14FN3O. The average molecular weight is 247 g/mol. The Morgan fingerprint density at radius 3 is 2.67 bits per heavy atom. The van der Waals surface area contributed by atoms with Crippen molar-refractivity contribution in [1.29, 1.82) is 0 Å². The molecule has 1 heterocycles. The summed E-state index contributed by atoms with van der Waals surface area (Å²) >= 11 is 0. The Labute approximate surface area is 104 Å². The molecule has 0 aliphatic rings. The number of nitrogens with one attached hydrogen (secondary N) is 1. The number of benzene rings is 1. The average Bonchev–Trinajstić information content (AvgIpc) is 2.61. The van der Waals surface area contributed by atoms with Crippen molar-refractivity contribution in [3.05, 3.63) is 46.9 Å². The lowest BCUT2D eigenvalue weighted by molar-refractivity contribution is 0.102. The smallest absolute Gasteiger partial charge is 0.259 e. The zero-order valence-electron chi connectivity index (χ0n) is 10.5. The van der Waals surface area contributed by atoms with Gasteiger partial charge in [0.25, 0.3) is 5.91 Å². The predicted molar refractivity (Wildman–Crippen MR) is 67.0 cm³/mol. The SMILES string of the molecule is Cc1ccc(F)c(C(=O)Nc2cc(C)nn2C)c1. The van der Waals surface area contributed by atoms with Gasteiger partial charge in [-0.3, -0.25) is 9.48 Å². The molecule has 2 rings (SSSR count). The van der Waals surface area contributed by atoms with Crippen molar-refractivity contribution in [3.8, 4) is 0 Å². The number of hydrogen-bond donors (Lipinski definition) is 1. The van der Waals surface area contributed by atoms with Crippen LogP contribution in [0.15, 0.2) is 24.3 Å². The quantitative estimate of drug-likeness (QED) is 0.886. The van der Waals surface area contributed by atoms with E-state index in [9.17, 15) is 9.18 Å². The highest BCUT2D eigenvalue weighted by Gasteiger charge is 2.13. The normalized spacial score (nSPS) is 10.4. The van der Waals surface area contributed by atoms with Crippen LogP contribution in [0.5, 0.6) is 0 Å². The van der Waals surface area contributed by atoms with Gasteiger partial charge in [-0.15, -0.1) is 0 Å². The van der Waals surface area contributed by atoms with Crippen LogP contribution in [-0.2, 0) is 7.05 Å². The summed E-state index contributed by atoms with van der Waals surface area (Å²) in [6.07, 6.45) is 0. The highest BCUT2D eigenvalue weighted by molar-refractivity contribution is 6.04. The molecule has 0 unspecified atom stereocenters. The minimum absolute atomic E-state index is 0.0360. The Hall–Kier alpha value is -2.17. The second-order valence-corrected chi connectivity index (χ2v) is 4.23. The predicted octanol–water partition coefficient (Wildman–Crippen LogP) is 2.43. The van der Waals surface area contributed by atoms with E-state index in [0.29, 0.717) is 5.82 Å². The number of carbonyl (C=O) groups is 1. The van der Waals surface area contributed by atoms with Crippen LogP contribution in [0.1, 0.15) is 21.6 Å². The number of hydrogen-bond acceptors (Lipinski definition) is 2. The van der Waals surface area contributed by atoms with Gasteiger partial charge in [-0.1, -0.05) is 11.6 Å². The summed E-state index contributed by atoms with van der Waals surface area (Å²) in [6.45, 7) is 3.63. The van der Waals surface area contributed by atoms with Gasteiger partial charge in [0.1, 0.15) is 11.6 Å². The molecule has 18 heavy (non-hydrogen) atoms. The van der Waals surface area contributed by atoms with Crippen LogP contribution in [0.2, 0.25) is 0 Å². The lowest BCUT2D eigenvalue weighted by atomic mass is 10.1. The van der Waals surface area contributed by atoms with E-state index in [1.54, 1.807) is 23.9 Å². The van der Waals surface area contributed by atoms with E-state index in [-0.39, 0.29) is 5.56 Å². The van der Waals surface area contributed by atoms with Crippen molar-refractivity contribution in [1.82, 2.24) is 9.78 Å². The molecule has 1 aromatic carbocycles. The van der Waals surface area contributed by atoms with Gasteiger partial charge >= 0.3 is 0 Å². The van der Waals surface area contributed by atoms with E-state index in [4.69, 9.17) is 0 Å². The number of carbonyl (C=O) groups excluding carboxylic acids is 1. The van der Waals surface area contributed by atoms with Crippen LogP contribution in [-0.4, -0.2) is 15.7 Å². The molecule has 5 heteroatoms. The highest BCUT2D eigenvalue weighted by atomic mass is 19.1. The fraction of sp³-hybridized carbons (Fsp3) is 0.231. The fourth-order valence-electron chi connectivity index (χ4n) is 1.72.